The van der Waals surface area contributed by atoms with Crippen LogP contribution in [0, 0.1) is 11.8 Å². The van der Waals surface area contributed by atoms with Gasteiger partial charge in [-0.15, -0.1) is 11.3 Å². The number of hydrogen-bond acceptors (Lipinski definition) is 7. The molecule has 2 aromatic heterocycles. The first kappa shape index (κ1) is 29.0. The highest BCUT2D eigenvalue weighted by atomic mass is 32.1. The molecule has 0 bridgehead atoms. The van der Waals surface area contributed by atoms with Gasteiger partial charge in [-0.3, -0.25) is 29.0 Å². The van der Waals surface area contributed by atoms with Gasteiger partial charge in [0.25, 0.3) is 0 Å². The van der Waals surface area contributed by atoms with Crippen LogP contribution in [0.5, 0.6) is 0 Å². The summed E-state index contributed by atoms with van der Waals surface area (Å²) in [5.74, 6) is -1.10. The van der Waals surface area contributed by atoms with Crippen LogP contribution in [0.4, 0.5) is 10.9 Å². The summed E-state index contributed by atoms with van der Waals surface area (Å²) in [6.45, 7) is -0.0146. The number of thiazole rings is 1. The number of aromatic nitrogens is 2. The molecule has 2 saturated carbocycles. The smallest absolute Gasteiger partial charge is 0.304 e. The molecule has 3 amide bonds. The number of aliphatic carboxylic acids is 1. The van der Waals surface area contributed by atoms with Gasteiger partial charge in [-0.25, -0.2) is 9.97 Å². The summed E-state index contributed by atoms with van der Waals surface area (Å²) in [4.78, 5) is 64.3. The van der Waals surface area contributed by atoms with Crippen LogP contribution >= 0.6 is 11.3 Å². The van der Waals surface area contributed by atoms with Crippen LogP contribution in [0.15, 0.2) is 48.0 Å². The van der Waals surface area contributed by atoms with Crippen molar-refractivity contribution < 1.29 is 24.3 Å². The largest absolute Gasteiger partial charge is 0.481 e. The molecule has 1 unspecified atom stereocenters. The van der Waals surface area contributed by atoms with Crippen molar-refractivity contribution in [1.82, 2.24) is 14.9 Å². The molecular formula is C32H35N5O5S. The lowest BCUT2D eigenvalue weighted by molar-refractivity contribution is -0.141. The SMILES string of the molecule is CN1CC(=O)N(c2ccc(-c3ccccc3-c3csc(N(C(=O)C(CC(=O)O)CC4CCCC4)C4CC4)n3)cn2)CC1=O. The lowest BCUT2D eigenvalue weighted by atomic mass is 9.90. The van der Waals surface area contributed by atoms with Gasteiger partial charge in [0, 0.05) is 41.7 Å². The Bertz CT molecular complexity index is 1530. The molecule has 3 heterocycles. The predicted molar refractivity (Wildman–Crippen MR) is 164 cm³/mol. The van der Waals surface area contributed by atoms with Gasteiger partial charge < -0.3 is 10.0 Å². The van der Waals surface area contributed by atoms with Crippen molar-refractivity contribution in [2.24, 2.45) is 11.8 Å². The molecule has 11 heteroatoms. The van der Waals surface area contributed by atoms with Crippen LogP contribution in [0.2, 0.25) is 0 Å². The summed E-state index contributed by atoms with van der Waals surface area (Å²) in [6, 6.07) is 11.5. The third kappa shape index (κ3) is 6.31. The molecular weight excluding hydrogens is 566 g/mol. The maximum absolute atomic E-state index is 13.9. The number of piperazine rings is 1. The number of amides is 3. The van der Waals surface area contributed by atoms with Gasteiger partial charge in [0.2, 0.25) is 17.7 Å². The zero-order chi connectivity index (χ0) is 30.1. The van der Waals surface area contributed by atoms with Crippen molar-refractivity contribution in [3.05, 3.63) is 48.0 Å². The highest BCUT2D eigenvalue weighted by Crippen LogP contribution is 2.40. The van der Waals surface area contributed by atoms with E-state index in [1.807, 2.05) is 35.7 Å². The van der Waals surface area contributed by atoms with Gasteiger partial charge in [0.05, 0.1) is 18.7 Å². The number of carbonyl (C=O) groups is 4. The molecule has 43 heavy (non-hydrogen) atoms. The van der Waals surface area contributed by atoms with Gasteiger partial charge in [-0.1, -0.05) is 49.9 Å². The third-order valence-corrected chi connectivity index (χ3v) is 9.48. The van der Waals surface area contributed by atoms with E-state index in [-0.39, 0.29) is 43.3 Å². The molecule has 10 nitrogen and oxygen atoms in total. The average Bonchev–Trinajstić information content (AvgIpc) is 3.46. The first-order valence-corrected chi connectivity index (χ1v) is 15.8. The normalized spacial score (nSPS) is 18.3. The molecule has 3 aliphatic rings. The van der Waals surface area contributed by atoms with E-state index in [4.69, 9.17) is 4.98 Å². The lowest BCUT2D eigenvalue weighted by Crippen LogP contribution is -2.52. The van der Waals surface area contributed by atoms with Crippen molar-refractivity contribution >= 4 is 46.0 Å². The maximum atomic E-state index is 13.9. The zero-order valence-electron chi connectivity index (χ0n) is 24.1. The number of likely N-dealkylation sites (N-methyl/N-ethyl adjacent to an activating group) is 1. The Hall–Kier alpha value is -4.12. The van der Waals surface area contributed by atoms with Crippen molar-refractivity contribution in [1.29, 1.82) is 0 Å². The molecule has 3 fully saturated rings. The van der Waals surface area contributed by atoms with E-state index in [2.05, 4.69) is 4.98 Å². The van der Waals surface area contributed by atoms with Crippen LogP contribution in [-0.2, 0) is 19.2 Å². The van der Waals surface area contributed by atoms with Crippen molar-refractivity contribution in [3.63, 3.8) is 0 Å². The summed E-state index contributed by atoms with van der Waals surface area (Å²) >= 11 is 1.40. The minimum absolute atomic E-state index is 0.0231. The Kier molecular flexibility index (Phi) is 8.25. The van der Waals surface area contributed by atoms with Crippen LogP contribution in [0.1, 0.15) is 51.4 Å². The number of carboxylic acid groups (broad SMARTS) is 1. The second kappa shape index (κ2) is 12.2. The van der Waals surface area contributed by atoms with Gasteiger partial charge in [-0.2, -0.15) is 0 Å². The van der Waals surface area contributed by atoms with E-state index in [9.17, 15) is 24.3 Å². The molecule has 6 rings (SSSR count). The summed E-state index contributed by atoms with van der Waals surface area (Å²) in [7, 11) is 1.61. The Labute approximate surface area is 254 Å². The van der Waals surface area contributed by atoms with E-state index >= 15 is 0 Å². The first-order chi connectivity index (χ1) is 20.8. The molecule has 224 valence electrons. The Morgan fingerprint density at radius 1 is 1.02 bits per heavy atom. The number of nitrogens with zero attached hydrogens (tertiary/aromatic N) is 5. The fourth-order valence-electron chi connectivity index (χ4n) is 6.18. The van der Waals surface area contributed by atoms with Crippen molar-refractivity contribution in [3.8, 4) is 22.4 Å². The fourth-order valence-corrected chi connectivity index (χ4v) is 7.08. The number of rotatable bonds is 10. The van der Waals surface area contributed by atoms with E-state index in [0.29, 0.717) is 23.3 Å². The second-order valence-corrected chi connectivity index (χ2v) is 12.7. The monoisotopic (exact) mass is 601 g/mol. The summed E-state index contributed by atoms with van der Waals surface area (Å²) in [5, 5.41) is 12.1. The molecule has 0 radical (unpaired) electrons. The third-order valence-electron chi connectivity index (χ3n) is 8.64. The molecule has 2 aliphatic carbocycles. The minimum Gasteiger partial charge on any atom is -0.481 e. The van der Waals surface area contributed by atoms with Crippen LogP contribution in [-0.4, -0.2) is 69.8 Å². The number of carboxylic acids is 1. The second-order valence-electron chi connectivity index (χ2n) is 11.8. The molecule has 1 aromatic carbocycles. The molecule has 1 atom stereocenters. The van der Waals surface area contributed by atoms with Gasteiger partial charge in [-0.05, 0) is 42.9 Å². The van der Waals surface area contributed by atoms with Crippen LogP contribution < -0.4 is 9.80 Å². The Morgan fingerprint density at radius 2 is 1.77 bits per heavy atom. The predicted octanol–water partition coefficient (Wildman–Crippen LogP) is 4.84. The lowest BCUT2D eigenvalue weighted by Gasteiger charge is -2.30. The quantitative estimate of drug-likeness (QED) is 0.353. The minimum atomic E-state index is -0.941. The van der Waals surface area contributed by atoms with E-state index in [1.165, 1.54) is 21.1 Å². The molecule has 3 aromatic rings. The van der Waals surface area contributed by atoms with E-state index < -0.39 is 11.9 Å². The zero-order valence-corrected chi connectivity index (χ0v) is 25.0. The summed E-state index contributed by atoms with van der Waals surface area (Å²) in [5.41, 5.74) is 3.33. The standard InChI is InChI=1S/C32H35N5O5S/c1-35-17-29(39)36(18-28(35)38)27-13-10-21(16-33-27)24-8-4-5-9-25(24)26-19-43-32(34-26)37(23-11-12-23)31(42)22(15-30(40)41)14-20-6-2-3-7-20/h4-5,8-10,13,16,19-20,22-23H,2-3,6-7,11-12,14-15,17-18H2,1H3,(H,40,41). The van der Waals surface area contributed by atoms with Crippen LogP contribution in [0.3, 0.4) is 0 Å². The number of hydrogen-bond donors (Lipinski definition) is 1. The Morgan fingerprint density at radius 3 is 2.44 bits per heavy atom. The Balaban J connectivity index is 1.25. The van der Waals surface area contributed by atoms with Gasteiger partial charge in [0.15, 0.2) is 5.13 Å². The van der Waals surface area contributed by atoms with E-state index in [0.717, 1.165) is 60.9 Å². The number of pyridine rings is 1. The van der Waals surface area contributed by atoms with Crippen molar-refractivity contribution in [2.45, 2.75) is 57.4 Å². The van der Waals surface area contributed by atoms with Crippen molar-refractivity contribution in [2.75, 3.05) is 29.9 Å². The molecule has 1 aliphatic heterocycles. The molecule has 1 saturated heterocycles. The average molecular weight is 602 g/mol. The molecule has 1 N–H and O–H groups in total. The van der Waals surface area contributed by atoms with E-state index in [1.54, 1.807) is 24.2 Å². The summed E-state index contributed by atoms with van der Waals surface area (Å²) < 4.78 is 0. The van der Waals surface area contributed by atoms with Gasteiger partial charge in [0.1, 0.15) is 12.4 Å². The topological polar surface area (TPSA) is 124 Å². The molecule has 0 spiro atoms. The first-order valence-electron chi connectivity index (χ1n) is 14.9. The van der Waals surface area contributed by atoms with Crippen LogP contribution in [0.25, 0.3) is 22.4 Å². The number of anilines is 2. The number of carbonyl (C=O) groups excluding carboxylic acids is 3. The highest BCUT2D eigenvalue weighted by Gasteiger charge is 2.40. The fraction of sp³-hybridized carbons (Fsp3) is 0.438. The number of benzene rings is 1. The summed E-state index contributed by atoms with van der Waals surface area (Å²) in [6.07, 6.45) is 8.34. The maximum Gasteiger partial charge on any atom is 0.304 e. The van der Waals surface area contributed by atoms with Gasteiger partial charge >= 0.3 is 5.97 Å². The highest BCUT2D eigenvalue weighted by molar-refractivity contribution is 7.14.